The predicted molar refractivity (Wildman–Crippen MR) is 83.3 cm³/mol. The number of hydrogen-bond donors (Lipinski definition) is 3. The molecule has 1 atom stereocenters. The molecule has 7 heteroatoms. The van der Waals surface area contributed by atoms with Gasteiger partial charge in [-0.25, -0.2) is 13.1 Å². The molecule has 1 rings (SSSR count). The zero-order chi connectivity index (χ0) is 16.2. The second-order valence-corrected chi connectivity index (χ2v) is 7.27. The first-order valence-electron chi connectivity index (χ1n) is 6.82. The number of carbonyl (C=O) groups is 1. The van der Waals surface area contributed by atoms with Crippen LogP contribution in [0.25, 0.3) is 0 Å². The third-order valence-corrected chi connectivity index (χ3v) is 4.52. The molecule has 0 aliphatic rings. The molecule has 0 aliphatic heterocycles. The van der Waals surface area contributed by atoms with E-state index in [-0.39, 0.29) is 22.8 Å². The van der Waals surface area contributed by atoms with Crippen LogP contribution in [-0.4, -0.2) is 26.4 Å². The van der Waals surface area contributed by atoms with E-state index < -0.39 is 16.1 Å². The van der Waals surface area contributed by atoms with Gasteiger partial charge in [0.15, 0.2) is 0 Å². The van der Waals surface area contributed by atoms with Crippen LogP contribution in [0.2, 0.25) is 0 Å². The van der Waals surface area contributed by atoms with Crippen LogP contribution < -0.4 is 15.8 Å². The summed E-state index contributed by atoms with van der Waals surface area (Å²) in [7, 11) is -3.52. The van der Waals surface area contributed by atoms with E-state index in [1.54, 1.807) is 26.0 Å². The number of carbonyl (C=O) groups excluding carboxylic acids is 1. The van der Waals surface area contributed by atoms with E-state index in [1.165, 1.54) is 12.1 Å². The van der Waals surface area contributed by atoms with E-state index in [1.807, 2.05) is 13.8 Å². The zero-order valence-electron chi connectivity index (χ0n) is 12.8. The van der Waals surface area contributed by atoms with Crippen molar-refractivity contribution in [1.82, 2.24) is 4.72 Å². The minimum atomic E-state index is -3.52. The average molecular weight is 313 g/mol. The van der Waals surface area contributed by atoms with Crippen molar-refractivity contribution in [3.05, 3.63) is 24.3 Å². The van der Waals surface area contributed by atoms with Crippen LogP contribution in [0.4, 0.5) is 5.69 Å². The molecule has 21 heavy (non-hydrogen) atoms. The molecule has 0 aromatic heterocycles. The highest BCUT2D eigenvalue weighted by atomic mass is 32.2. The molecule has 4 N–H and O–H groups in total. The number of benzene rings is 1. The summed E-state index contributed by atoms with van der Waals surface area (Å²) in [6.07, 6.45) is 0. The van der Waals surface area contributed by atoms with E-state index in [2.05, 4.69) is 10.0 Å². The lowest BCUT2D eigenvalue weighted by Crippen LogP contribution is -2.39. The smallest absolute Gasteiger partial charge is 0.241 e. The van der Waals surface area contributed by atoms with Crippen molar-refractivity contribution in [2.45, 2.75) is 44.7 Å². The quantitative estimate of drug-likeness (QED) is 0.736. The predicted octanol–water partition coefficient (Wildman–Crippen LogP) is 1.30. The molecular weight excluding hydrogens is 290 g/mol. The maximum Gasteiger partial charge on any atom is 0.241 e. The maximum atomic E-state index is 12.0. The maximum absolute atomic E-state index is 12.0. The molecule has 1 aromatic carbocycles. The van der Waals surface area contributed by atoms with Gasteiger partial charge < -0.3 is 11.1 Å². The summed E-state index contributed by atoms with van der Waals surface area (Å²) in [6, 6.07) is 5.19. The van der Waals surface area contributed by atoms with Crippen molar-refractivity contribution in [2.75, 3.05) is 5.32 Å². The third kappa shape index (κ3) is 5.11. The van der Waals surface area contributed by atoms with Gasteiger partial charge in [-0.1, -0.05) is 13.8 Å². The molecule has 118 valence electrons. The van der Waals surface area contributed by atoms with Gasteiger partial charge >= 0.3 is 0 Å². The fraction of sp³-hybridized carbons (Fsp3) is 0.500. The molecule has 0 spiro atoms. The molecule has 1 aromatic rings. The van der Waals surface area contributed by atoms with Gasteiger partial charge in [-0.15, -0.1) is 0 Å². The summed E-state index contributed by atoms with van der Waals surface area (Å²) in [5.41, 5.74) is 6.26. The van der Waals surface area contributed by atoms with Gasteiger partial charge in [0.05, 0.1) is 10.9 Å². The second-order valence-electron chi connectivity index (χ2n) is 5.56. The van der Waals surface area contributed by atoms with Crippen molar-refractivity contribution < 1.29 is 13.2 Å². The fourth-order valence-electron chi connectivity index (χ4n) is 1.62. The number of nitrogens with two attached hydrogens (primary N) is 1. The SMILES string of the molecule is CC(C)NS(=O)(=O)c1ccc(NC(=O)[C@@H](N)C(C)C)cc1. The van der Waals surface area contributed by atoms with Crippen LogP contribution in [0.15, 0.2) is 29.2 Å². The van der Waals surface area contributed by atoms with Crippen LogP contribution in [-0.2, 0) is 14.8 Å². The summed E-state index contributed by atoms with van der Waals surface area (Å²) in [6.45, 7) is 7.22. The Morgan fingerprint density at radius 1 is 1.10 bits per heavy atom. The minimum absolute atomic E-state index is 0.0277. The topological polar surface area (TPSA) is 101 Å². The highest BCUT2D eigenvalue weighted by molar-refractivity contribution is 7.89. The van der Waals surface area contributed by atoms with Crippen LogP contribution in [0.3, 0.4) is 0 Å². The van der Waals surface area contributed by atoms with Gasteiger partial charge in [0, 0.05) is 11.7 Å². The highest BCUT2D eigenvalue weighted by Gasteiger charge is 2.18. The molecule has 0 radical (unpaired) electrons. The third-order valence-electron chi connectivity index (χ3n) is 2.84. The molecule has 6 nitrogen and oxygen atoms in total. The van der Waals surface area contributed by atoms with Gasteiger partial charge in [0.2, 0.25) is 15.9 Å². The van der Waals surface area contributed by atoms with Crippen LogP contribution in [0, 0.1) is 5.92 Å². The Morgan fingerprint density at radius 3 is 2.05 bits per heavy atom. The summed E-state index contributed by atoms with van der Waals surface area (Å²) in [5.74, 6) is -0.263. The minimum Gasteiger partial charge on any atom is -0.325 e. The van der Waals surface area contributed by atoms with E-state index in [0.717, 1.165) is 0 Å². The number of sulfonamides is 1. The summed E-state index contributed by atoms with van der Waals surface area (Å²) < 4.78 is 26.4. The lowest BCUT2D eigenvalue weighted by Gasteiger charge is -2.15. The van der Waals surface area contributed by atoms with Crippen molar-refractivity contribution in [2.24, 2.45) is 11.7 Å². The fourth-order valence-corrected chi connectivity index (χ4v) is 2.88. The van der Waals surface area contributed by atoms with Gasteiger partial charge in [-0.2, -0.15) is 0 Å². The normalized spacial score (nSPS) is 13.5. The van der Waals surface area contributed by atoms with Crippen molar-refractivity contribution in [3.63, 3.8) is 0 Å². The highest BCUT2D eigenvalue weighted by Crippen LogP contribution is 2.15. The first-order valence-corrected chi connectivity index (χ1v) is 8.30. The number of nitrogens with one attached hydrogen (secondary N) is 2. The van der Waals surface area contributed by atoms with Crippen molar-refractivity contribution in [1.29, 1.82) is 0 Å². The average Bonchev–Trinajstić information content (AvgIpc) is 2.36. The Balaban J connectivity index is 2.82. The molecular formula is C14H23N3O3S. The Hall–Kier alpha value is -1.44. The number of anilines is 1. The first-order chi connectivity index (χ1) is 9.63. The van der Waals surface area contributed by atoms with Crippen LogP contribution in [0.1, 0.15) is 27.7 Å². The van der Waals surface area contributed by atoms with Gasteiger partial charge in [0.25, 0.3) is 0 Å². The Labute approximate surface area is 126 Å². The Kier molecular flexibility index (Phi) is 5.88. The van der Waals surface area contributed by atoms with Crippen LogP contribution in [0.5, 0.6) is 0 Å². The van der Waals surface area contributed by atoms with E-state index >= 15 is 0 Å². The number of amides is 1. The largest absolute Gasteiger partial charge is 0.325 e. The number of rotatable bonds is 6. The molecule has 1 amide bonds. The molecule has 0 fully saturated rings. The lowest BCUT2D eigenvalue weighted by atomic mass is 10.1. The summed E-state index contributed by atoms with van der Waals surface area (Å²) in [5, 5.41) is 2.66. The van der Waals surface area contributed by atoms with Gasteiger partial charge in [-0.3, -0.25) is 4.79 Å². The van der Waals surface area contributed by atoms with E-state index in [9.17, 15) is 13.2 Å². The van der Waals surface area contributed by atoms with E-state index in [0.29, 0.717) is 5.69 Å². The summed E-state index contributed by atoms with van der Waals surface area (Å²) in [4.78, 5) is 12.0. The molecule has 0 unspecified atom stereocenters. The van der Waals surface area contributed by atoms with Crippen LogP contribution >= 0.6 is 0 Å². The number of hydrogen-bond acceptors (Lipinski definition) is 4. The van der Waals surface area contributed by atoms with Crippen molar-refractivity contribution in [3.8, 4) is 0 Å². The molecule has 0 heterocycles. The van der Waals surface area contributed by atoms with Crippen molar-refractivity contribution >= 4 is 21.6 Å². The summed E-state index contributed by atoms with van der Waals surface area (Å²) >= 11 is 0. The van der Waals surface area contributed by atoms with E-state index in [4.69, 9.17) is 5.73 Å². The lowest BCUT2D eigenvalue weighted by molar-refractivity contribution is -0.118. The Morgan fingerprint density at radius 2 is 1.62 bits per heavy atom. The first kappa shape index (κ1) is 17.6. The Bertz CT molecular complexity index is 580. The molecule has 0 saturated carbocycles. The van der Waals surface area contributed by atoms with Gasteiger partial charge in [-0.05, 0) is 44.0 Å². The molecule has 0 aliphatic carbocycles. The molecule has 0 bridgehead atoms. The van der Waals surface area contributed by atoms with Gasteiger partial charge in [0.1, 0.15) is 0 Å². The monoisotopic (exact) mass is 313 g/mol. The zero-order valence-corrected chi connectivity index (χ0v) is 13.6. The molecule has 0 saturated heterocycles. The standard InChI is InChI=1S/C14H23N3O3S/c1-9(2)13(15)14(18)16-11-5-7-12(8-6-11)21(19,20)17-10(3)4/h5-10,13,17H,15H2,1-4H3,(H,16,18)/t13-/m0/s1. The second kappa shape index (κ2) is 7.02.